The molecule has 230 valence electrons. The van der Waals surface area contributed by atoms with Gasteiger partial charge in [0.05, 0.1) is 12.5 Å². The van der Waals surface area contributed by atoms with E-state index in [1.165, 1.54) is 23.9 Å². The number of thioether (sulfide) groups is 1. The Bertz CT molecular complexity index is 1440. The summed E-state index contributed by atoms with van der Waals surface area (Å²) in [6, 6.07) is 8.49. The molecule has 0 aliphatic carbocycles. The van der Waals surface area contributed by atoms with E-state index in [0.29, 0.717) is 11.3 Å². The van der Waals surface area contributed by atoms with Crippen molar-refractivity contribution in [3.63, 3.8) is 0 Å². The predicted molar refractivity (Wildman–Crippen MR) is 160 cm³/mol. The van der Waals surface area contributed by atoms with Gasteiger partial charge in [-0.2, -0.15) is 11.8 Å². The number of nitrogens with two attached hydrogens (primary N) is 1. The molecule has 0 spiro atoms. The second-order valence-corrected chi connectivity index (χ2v) is 10.9. The number of carboxylic acids is 2. The number of phenols is 1. The number of hydrogen-bond acceptors (Lipinski definition) is 8. The highest BCUT2D eigenvalue weighted by molar-refractivity contribution is 7.98. The van der Waals surface area contributed by atoms with E-state index in [9.17, 15) is 34.2 Å². The van der Waals surface area contributed by atoms with E-state index < -0.39 is 60.2 Å². The molecule has 13 nitrogen and oxygen atoms in total. The van der Waals surface area contributed by atoms with Crippen molar-refractivity contribution in [1.82, 2.24) is 20.9 Å². The molecule has 3 rings (SSSR count). The minimum Gasteiger partial charge on any atom is -0.508 e. The van der Waals surface area contributed by atoms with Crippen LogP contribution in [0.15, 0.2) is 54.7 Å². The van der Waals surface area contributed by atoms with Crippen molar-refractivity contribution in [2.24, 2.45) is 5.73 Å². The van der Waals surface area contributed by atoms with Gasteiger partial charge >= 0.3 is 11.9 Å². The molecule has 14 heteroatoms. The first kappa shape index (κ1) is 32.9. The first-order chi connectivity index (χ1) is 20.5. The molecule has 1 heterocycles. The van der Waals surface area contributed by atoms with Gasteiger partial charge < -0.3 is 42.0 Å². The molecule has 0 saturated heterocycles. The van der Waals surface area contributed by atoms with Crippen LogP contribution in [0.5, 0.6) is 5.75 Å². The summed E-state index contributed by atoms with van der Waals surface area (Å²) in [4.78, 5) is 65.5. The SMILES string of the molecule is CSCCC(NC(=O)C(Cc1c[nH]c2ccccc12)NC(=O)C(N)Cc1ccc(O)cc1)C(=O)NC(CC(=O)O)C(=O)O. The Morgan fingerprint density at radius 1 is 0.860 bits per heavy atom. The molecule has 0 saturated carbocycles. The molecule has 0 aliphatic heterocycles. The van der Waals surface area contributed by atoms with Crippen LogP contribution in [0, 0.1) is 0 Å². The van der Waals surface area contributed by atoms with Crippen molar-refractivity contribution in [1.29, 1.82) is 0 Å². The molecule has 4 atom stereocenters. The summed E-state index contributed by atoms with van der Waals surface area (Å²) in [5.74, 6) is -4.65. The van der Waals surface area contributed by atoms with E-state index in [1.54, 1.807) is 24.6 Å². The lowest BCUT2D eigenvalue weighted by Crippen LogP contribution is -2.58. The molecule has 2 aromatic carbocycles. The summed E-state index contributed by atoms with van der Waals surface area (Å²) in [5, 5.41) is 36.2. The zero-order chi connectivity index (χ0) is 31.5. The molecule has 3 amide bonds. The number of amides is 3. The van der Waals surface area contributed by atoms with Gasteiger partial charge in [-0.05, 0) is 54.2 Å². The minimum absolute atomic E-state index is 0.0428. The number of carbonyl (C=O) groups excluding carboxylic acids is 3. The number of aromatic nitrogens is 1. The molecule has 43 heavy (non-hydrogen) atoms. The number of H-pyrrole nitrogens is 1. The second kappa shape index (κ2) is 15.6. The monoisotopic (exact) mass is 613 g/mol. The highest BCUT2D eigenvalue weighted by atomic mass is 32.2. The Labute approximate surface area is 251 Å². The molecule has 3 aromatic rings. The number of rotatable bonds is 16. The molecule has 0 aliphatic rings. The van der Waals surface area contributed by atoms with Crippen molar-refractivity contribution in [3.8, 4) is 5.75 Å². The molecule has 0 radical (unpaired) electrons. The van der Waals surface area contributed by atoms with Crippen LogP contribution in [-0.2, 0) is 36.8 Å². The highest BCUT2D eigenvalue weighted by Crippen LogP contribution is 2.19. The van der Waals surface area contributed by atoms with E-state index >= 15 is 0 Å². The Balaban J connectivity index is 1.82. The maximum absolute atomic E-state index is 13.6. The highest BCUT2D eigenvalue weighted by Gasteiger charge is 2.31. The zero-order valence-corrected chi connectivity index (χ0v) is 24.2. The van der Waals surface area contributed by atoms with Gasteiger partial charge in [0.1, 0.15) is 23.9 Å². The van der Waals surface area contributed by atoms with Crippen LogP contribution in [-0.4, -0.2) is 86.1 Å². The van der Waals surface area contributed by atoms with Gasteiger partial charge in [-0.3, -0.25) is 19.2 Å². The number of phenolic OH excluding ortho intramolecular Hbond substituents is 1. The third kappa shape index (κ3) is 9.75. The lowest BCUT2D eigenvalue weighted by atomic mass is 10.0. The summed E-state index contributed by atoms with van der Waals surface area (Å²) >= 11 is 1.39. The quantitative estimate of drug-likeness (QED) is 0.113. The molecular weight excluding hydrogens is 578 g/mol. The maximum Gasteiger partial charge on any atom is 0.326 e. The van der Waals surface area contributed by atoms with E-state index in [0.717, 1.165) is 16.5 Å². The lowest BCUT2D eigenvalue weighted by molar-refractivity contribution is -0.147. The third-order valence-electron chi connectivity index (χ3n) is 6.70. The van der Waals surface area contributed by atoms with Gasteiger partial charge in [0.25, 0.3) is 0 Å². The van der Waals surface area contributed by atoms with Gasteiger partial charge in [0.2, 0.25) is 17.7 Å². The summed E-state index contributed by atoms with van der Waals surface area (Å²) in [6.45, 7) is 0. The average molecular weight is 614 g/mol. The molecule has 0 bridgehead atoms. The van der Waals surface area contributed by atoms with Crippen molar-refractivity contribution < 1.29 is 39.3 Å². The number of carbonyl (C=O) groups is 5. The normalized spacial score (nSPS) is 13.8. The fourth-order valence-corrected chi connectivity index (χ4v) is 4.88. The van der Waals surface area contributed by atoms with Crippen LogP contribution in [0.1, 0.15) is 24.0 Å². The number of hydrogen-bond donors (Lipinski definition) is 8. The van der Waals surface area contributed by atoms with E-state index in [1.807, 2.05) is 24.3 Å². The summed E-state index contributed by atoms with van der Waals surface area (Å²) in [7, 11) is 0. The topological polar surface area (TPSA) is 224 Å². The van der Waals surface area contributed by atoms with Gasteiger partial charge in [-0.25, -0.2) is 4.79 Å². The molecule has 9 N–H and O–H groups in total. The van der Waals surface area contributed by atoms with Crippen LogP contribution in [0.3, 0.4) is 0 Å². The van der Waals surface area contributed by atoms with E-state index in [2.05, 4.69) is 20.9 Å². The second-order valence-electron chi connectivity index (χ2n) is 9.94. The van der Waals surface area contributed by atoms with Crippen LogP contribution < -0.4 is 21.7 Å². The number of aromatic amines is 1. The maximum atomic E-state index is 13.6. The van der Waals surface area contributed by atoms with Crippen LogP contribution >= 0.6 is 11.8 Å². The average Bonchev–Trinajstić information content (AvgIpc) is 3.37. The predicted octanol–water partition coefficient (Wildman–Crippen LogP) is 0.753. The first-order valence-corrected chi connectivity index (χ1v) is 14.8. The molecular formula is C29H35N5O8S. The van der Waals surface area contributed by atoms with Gasteiger partial charge in [0, 0.05) is 23.5 Å². The van der Waals surface area contributed by atoms with Crippen LogP contribution in [0.4, 0.5) is 0 Å². The largest absolute Gasteiger partial charge is 0.508 e. The summed E-state index contributed by atoms with van der Waals surface area (Å²) in [6.07, 6.45) is 2.95. The summed E-state index contributed by atoms with van der Waals surface area (Å²) in [5.41, 5.74) is 8.39. The Hall–Kier alpha value is -4.56. The van der Waals surface area contributed by atoms with Crippen LogP contribution in [0.25, 0.3) is 10.9 Å². The number of fused-ring (bicyclic) bond motifs is 1. The van der Waals surface area contributed by atoms with Crippen molar-refractivity contribution in [2.75, 3.05) is 12.0 Å². The Kier molecular flexibility index (Phi) is 12.0. The van der Waals surface area contributed by atoms with Crippen molar-refractivity contribution in [3.05, 3.63) is 65.9 Å². The number of benzene rings is 2. The minimum atomic E-state index is -1.70. The fraction of sp³-hybridized carbons (Fsp3) is 0.345. The Morgan fingerprint density at radius 2 is 1.49 bits per heavy atom. The number of para-hydroxylation sites is 1. The number of carboxylic acid groups (broad SMARTS) is 2. The smallest absolute Gasteiger partial charge is 0.326 e. The number of aromatic hydroxyl groups is 1. The van der Waals surface area contributed by atoms with Crippen molar-refractivity contribution in [2.45, 2.75) is 49.9 Å². The molecule has 1 aromatic heterocycles. The fourth-order valence-electron chi connectivity index (χ4n) is 4.41. The lowest BCUT2D eigenvalue weighted by Gasteiger charge is -2.25. The number of aliphatic carboxylic acids is 2. The standard InChI is InChI=1S/C29H35N5O8S/c1-43-11-10-22(27(39)34-24(29(41)42)14-25(36)37)32-28(40)23(13-17-15-31-21-5-3-2-4-19(17)21)33-26(38)20(30)12-16-6-8-18(35)9-7-16/h2-9,15,20,22-24,31,35H,10-14,30H2,1H3,(H,32,40)(H,33,38)(H,34,39)(H,36,37)(H,41,42). The summed E-state index contributed by atoms with van der Waals surface area (Å²) < 4.78 is 0. The van der Waals surface area contributed by atoms with E-state index in [-0.39, 0.29) is 25.0 Å². The molecule has 4 unspecified atom stereocenters. The third-order valence-corrected chi connectivity index (χ3v) is 7.34. The Morgan fingerprint density at radius 3 is 2.14 bits per heavy atom. The first-order valence-electron chi connectivity index (χ1n) is 13.4. The van der Waals surface area contributed by atoms with Gasteiger partial charge in [-0.15, -0.1) is 0 Å². The molecule has 0 fully saturated rings. The van der Waals surface area contributed by atoms with Crippen LogP contribution in [0.2, 0.25) is 0 Å². The number of nitrogens with one attached hydrogen (secondary N) is 4. The van der Waals surface area contributed by atoms with Gasteiger partial charge in [-0.1, -0.05) is 30.3 Å². The van der Waals surface area contributed by atoms with Crippen molar-refractivity contribution >= 4 is 52.3 Å². The van der Waals surface area contributed by atoms with E-state index in [4.69, 9.17) is 10.8 Å². The van der Waals surface area contributed by atoms with Gasteiger partial charge in [0.15, 0.2) is 0 Å². The zero-order valence-electron chi connectivity index (χ0n) is 23.4.